The highest BCUT2D eigenvalue weighted by Gasteiger charge is 2.12. The van der Waals surface area contributed by atoms with Crippen molar-refractivity contribution in [2.45, 2.75) is 25.9 Å². The SMILES string of the molecule is CCNC(CCN(C)Cc1cscn1)c1ccc(F)cc1. The van der Waals surface area contributed by atoms with Crippen LogP contribution < -0.4 is 5.32 Å². The second-order valence-corrected chi connectivity index (χ2v) is 5.89. The zero-order valence-corrected chi connectivity index (χ0v) is 13.4. The molecule has 0 saturated carbocycles. The molecule has 0 aliphatic heterocycles. The van der Waals surface area contributed by atoms with Crippen molar-refractivity contribution in [3.8, 4) is 0 Å². The van der Waals surface area contributed by atoms with Crippen LogP contribution in [0.25, 0.3) is 0 Å². The first-order chi connectivity index (χ1) is 10.2. The van der Waals surface area contributed by atoms with E-state index in [0.29, 0.717) is 0 Å². The van der Waals surface area contributed by atoms with E-state index in [4.69, 9.17) is 0 Å². The molecule has 2 rings (SSSR count). The van der Waals surface area contributed by atoms with Crippen LogP contribution in [-0.4, -0.2) is 30.0 Å². The lowest BCUT2D eigenvalue weighted by molar-refractivity contribution is 0.299. The van der Waals surface area contributed by atoms with Crippen molar-refractivity contribution in [2.75, 3.05) is 20.1 Å². The van der Waals surface area contributed by atoms with Gasteiger partial charge in [0, 0.05) is 24.5 Å². The van der Waals surface area contributed by atoms with Crippen LogP contribution >= 0.6 is 11.3 Å². The highest BCUT2D eigenvalue weighted by atomic mass is 32.1. The van der Waals surface area contributed by atoms with E-state index < -0.39 is 0 Å². The van der Waals surface area contributed by atoms with Gasteiger partial charge < -0.3 is 10.2 Å². The summed E-state index contributed by atoms with van der Waals surface area (Å²) in [6.45, 7) is 4.83. The summed E-state index contributed by atoms with van der Waals surface area (Å²) < 4.78 is 13.0. The van der Waals surface area contributed by atoms with Crippen molar-refractivity contribution in [2.24, 2.45) is 0 Å². The zero-order chi connectivity index (χ0) is 15.1. The molecule has 0 aliphatic rings. The Kier molecular flexibility index (Phi) is 6.29. The number of hydrogen-bond donors (Lipinski definition) is 1. The molecule has 0 aliphatic carbocycles. The molecule has 1 aromatic heterocycles. The van der Waals surface area contributed by atoms with Gasteiger partial charge in [-0.15, -0.1) is 11.3 Å². The maximum Gasteiger partial charge on any atom is 0.123 e. The third kappa shape index (κ3) is 5.19. The summed E-state index contributed by atoms with van der Waals surface area (Å²) in [5.41, 5.74) is 4.12. The molecule has 1 N–H and O–H groups in total. The highest BCUT2D eigenvalue weighted by molar-refractivity contribution is 7.07. The highest BCUT2D eigenvalue weighted by Crippen LogP contribution is 2.18. The molecule has 3 nitrogen and oxygen atoms in total. The Morgan fingerprint density at radius 1 is 1.33 bits per heavy atom. The third-order valence-electron chi connectivity index (χ3n) is 3.44. The second-order valence-electron chi connectivity index (χ2n) is 5.17. The Labute approximate surface area is 129 Å². The van der Waals surface area contributed by atoms with E-state index in [9.17, 15) is 4.39 Å². The van der Waals surface area contributed by atoms with Gasteiger partial charge >= 0.3 is 0 Å². The van der Waals surface area contributed by atoms with Crippen LogP contribution in [0.1, 0.15) is 30.6 Å². The van der Waals surface area contributed by atoms with Crippen molar-refractivity contribution >= 4 is 11.3 Å². The fourth-order valence-corrected chi connectivity index (χ4v) is 2.90. The summed E-state index contributed by atoms with van der Waals surface area (Å²) in [6.07, 6.45) is 0.986. The van der Waals surface area contributed by atoms with Gasteiger partial charge in [0.05, 0.1) is 11.2 Å². The van der Waals surface area contributed by atoms with Gasteiger partial charge in [-0.2, -0.15) is 0 Å². The van der Waals surface area contributed by atoms with Crippen LogP contribution in [0.2, 0.25) is 0 Å². The minimum atomic E-state index is -0.186. The Hall–Kier alpha value is -1.30. The third-order valence-corrected chi connectivity index (χ3v) is 4.07. The monoisotopic (exact) mass is 307 g/mol. The molecule has 0 radical (unpaired) electrons. The van der Waals surface area contributed by atoms with Crippen molar-refractivity contribution in [3.05, 3.63) is 52.2 Å². The molecular formula is C16H22FN3S. The lowest BCUT2D eigenvalue weighted by Crippen LogP contribution is -2.27. The van der Waals surface area contributed by atoms with E-state index in [0.717, 1.165) is 37.3 Å². The molecule has 2 aromatic rings. The molecule has 0 spiro atoms. The number of halogens is 1. The van der Waals surface area contributed by atoms with Crippen LogP contribution in [-0.2, 0) is 6.54 Å². The average Bonchev–Trinajstić information content (AvgIpc) is 2.97. The fourth-order valence-electron chi connectivity index (χ4n) is 2.35. The number of rotatable bonds is 8. The van der Waals surface area contributed by atoms with E-state index >= 15 is 0 Å². The van der Waals surface area contributed by atoms with Gasteiger partial charge in [-0.3, -0.25) is 0 Å². The molecule has 1 unspecified atom stereocenters. The second kappa shape index (κ2) is 8.22. The van der Waals surface area contributed by atoms with Crippen molar-refractivity contribution in [1.29, 1.82) is 0 Å². The zero-order valence-electron chi connectivity index (χ0n) is 12.6. The smallest absolute Gasteiger partial charge is 0.123 e. The van der Waals surface area contributed by atoms with Crippen LogP contribution in [0.15, 0.2) is 35.2 Å². The van der Waals surface area contributed by atoms with Crippen molar-refractivity contribution in [3.63, 3.8) is 0 Å². The predicted molar refractivity (Wildman–Crippen MR) is 85.9 cm³/mol. The van der Waals surface area contributed by atoms with Crippen LogP contribution in [0.5, 0.6) is 0 Å². The van der Waals surface area contributed by atoms with Crippen LogP contribution in [0.3, 0.4) is 0 Å². The number of benzene rings is 1. The molecule has 1 aromatic carbocycles. The number of thiazole rings is 1. The normalized spacial score (nSPS) is 12.8. The quantitative estimate of drug-likeness (QED) is 0.809. The number of nitrogens with zero attached hydrogens (tertiary/aromatic N) is 2. The van der Waals surface area contributed by atoms with Gasteiger partial charge in [0.15, 0.2) is 0 Å². The summed E-state index contributed by atoms with van der Waals surface area (Å²) in [5.74, 6) is -0.186. The fraction of sp³-hybridized carbons (Fsp3) is 0.438. The first-order valence-corrected chi connectivity index (χ1v) is 8.17. The van der Waals surface area contributed by atoms with E-state index in [1.807, 2.05) is 17.6 Å². The molecule has 1 atom stereocenters. The average molecular weight is 307 g/mol. The molecule has 1 heterocycles. The summed E-state index contributed by atoms with van der Waals surface area (Å²) in [5, 5.41) is 5.55. The first-order valence-electron chi connectivity index (χ1n) is 7.23. The van der Waals surface area contributed by atoms with Crippen LogP contribution in [0.4, 0.5) is 4.39 Å². The molecule has 5 heteroatoms. The van der Waals surface area contributed by atoms with E-state index in [1.165, 1.54) is 12.1 Å². The Balaban J connectivity index is 1.88. The van der Waals surface area contributed by atoms with E-state index in [2.05, 4.69) is 34.6 Å². The summed E-state index contributed by atoms with van der Waals surface area (Å²) in [4.78, 5) is 6.57. The van der Waals surface area contributed by atoms with Gasteiger partial charge in [0.25, 0.3) is 0 Å². The van der Waals surface area contributed by atoms with Crippen molar-refractivity contribution in [1.82, 2.24) is 15.2 Å². The first kappa shape index (κ1) is 16.1. The van der Waals surface area contributed by atoms with Gasteiger partial charge in [-0.05, 0) is 37.7 Å². The molecule has 0 saturated heterocycles. The topological polar surface area (TPSA) is 28.2 Å². The largest absolute Gasteiger partial charge is 0.310 e. The number of hydrogen-bond acceptors (Lipinski definition) is 4. The predicted octanol–water partition coefficient (Wildman–Crippen LogP) is 3.45. The number of aromatic nitrogens is 1. The summed E-state index contributed by atoms with van der Waals surface area (Å²) in [6, 6.07) is 7.04. The molecule has 21 heavy (non-hydrogen) atoms. The standard InChI is InChI=1S/C16H22FN3S/c1-3-18-16(13-4-6-14(17)7-5-13)8-9-20(2)10-15-11-21-12-19-15/h4-7,11-12,16,18H,3,8-10H2,1-2H3. The van der Waals surface area contributed by atoms with E-state index in [-0.39, 0.29) is 11.9 Å². The Morgan fingerprint density at radius 2 is 2.10 bits per heavy atom. The summed E-state index contributed by atoms with van der Waals surface area (Å²) >= 11 is 1.63. The Morgan fingerprint density at radius 3 is 2.71 bits per heavy atom. The molecule has 114 valence electrons. The summed E-state index contributed by atoms with van der Waals surface area (Å²) in [7, 11) is 2.10. The lowest BCUT2D eigenvalue weighted by Gasteiger charge is -2.22. The van der Waals surface area contributed by atoms with Gasteiger partial charge in [-0.1, -0.05) is 19.1 Å². The van der Waals surface area contributed by atoms with Gasteiger partial charge in [-0.25, -0.2) is 9.37 Å². The van der Waals surface area contributed by atoms with Crippen molar-refractivity contribution < 1.29 is 4.39 Å². The maximum absolute atomic E-state index is 13.0. The molecule has 0 bridgehead atoms. The van der Waals surface area contributed by atoms with E-state index in [1.54, 1.807) is 11.3 Å². The Bertz CT molecular complexity index is 513. The van der Waals surface area contributed by atoms with Gasteiger partial charge in [0.1, 0.15) is 5.82 Å². The molecule has 0 amide bonds. The molecule has 0 fully saturated rings. The van der Waals surface area contributed by atoms with Gasteiger partial charge in [0.2, 0.25) is 0 Å². The minimum absolute atomic E-state index is 0.186. The maximum atomic E-state index is 13.0. The minimum Gasteiger partial charge on any atom is -0.310 e. The number of nitrogens with one attached hydrogen (secondary N) is 1. The molecular weight excluding hydrogens is 285 g/mol. The lowest BCUT2D eigenvalue weighted by atomic mass is 10.0. The van der Waals surface area contributed by atoms with Crippen LogP contribution in [0, 0.1) is 5.82 Å².